The van der Waals surface area contributed by atoms with Crippen LogP contribution in [0.2, 0.25) is 0 Å². The van der Waals surface area contributed by atoms with Crippen molar-refractivity contribution in [3.8, 4) is 12.3 Å². The summed E-state index contributed by atoms with van der Waals surface area (Å²) in [6, 6.07) is 4.57. The molecule has 0 aliphatic heterocycles. The van der Waals surface area contributed by atoms with E-state index < -0.39 is 47.0 Å². The lowest BCUT2D eigenvalue weighted by molar-refractivity contribution is -0.144. The van der Waals surface area contributed by atoms with Gasteiger partial charge >= 0.3 is 6.09 Å². The Morgan fingerprint density at radius 1 is 1.14 bits per heavy atom. The first-order valence-corrected chi connectivity index (χ1v) is 12.1. The van der Waals surface area contributed by atoms with E-state index in [-0.39, 0.29) is 18.9 Å². The Morgan fingerprint density at radius 3 is 2.25 bits per heavy atom. The van der Waals surface area contributed by atoms with Gasteiger partial charge in [-0.1, -0.05) is 24.1 Å². The second-order valence-electron chi connectivity index (χ2n) is 11.1. The van der Waals surface area contributed by atoms with Gasteiger partial charge in [-0.2, -0.15) is 0 Å². The number of rotatable bonds is 9. The fourth-order valence-electron chi connectivity index (χ4n) is 3.77. The number of amides is 4. The molecule has 36 heavy (non-hydrogen) atoms. The van der Waals surface area contributed by atoms with Crippen LogP contribution in [0.1, 0.15) is 84.4 Å². The van der Waals surface area contributed by atoms with Gasteiger partial charge in [-0.05, 0) is 72.4 Å². The molecule has 1 aliphatic rings. The van der Waals surface area contributed by atoms with Crippen LogP contribution in [0.3, 0.4) is 0 Å². The highest BCUT2D eigenvalue weighted by atomic mass is 16.6. The third-order valence-electron chi connectivity index (χ3n) is 5.30. The Morgan fingerprint density at radius 2 is 1.75 bits per heavy atom. The summed E-state index contributed by atoms with van der Waals surface area (Å²) in [6.45, 7) is 10.6. The molecule has 196 valence electrons. The number of carbonyl (C=O) groups is 4. The molecule has 0 radical (unpaired) electrons. The fraction of sp³-hybridized carbons (Fsp3) is 0.556. The molecule has 0 bridgehead atoms. The zero-order valence-electron chi connectivity index (χ0n) is 22.0. The highest BCUT2D eigenvalue weighted by Gasteiger charge is 2.45. The molecule has 1 aromatic carbocycles. The van der Waals surface area contributed by atoms with Gasteiger partial charge in [0.25, 0.3) is 0 Å². The fourth-order valence-corrected chi connectivity index (χ4v) is 3.77. The largest absolute Gasteiger partial charge is 0.444 e. The molecule has 1 aliphatic carbocycles. The summed E-state index contributed by atoms with van der Waals surface area (Å²) in [6.07, 6.45) is 6.14. The van der Waals surface area contributed by atoms with E-state index in [2.05, 4.69) is 16.6 Å². The zero-order valence-corrected chi connectivity index (χ0v) is 22.0. The number of hydrogen-bond acceptors (Lipinski definition) is 5. The molecule has 9 heteroatoms. The predicted octanol–water partition coefficient (Wildman–Crippen LogP) is 2.77. The molecular formula is C27H38N4O5. The average Bonchev–Trinajstić information content (AvgIpc) is 3.56. The minimum atomic E-state index is -1.13. The van der Waals surface area contributed by atoms with Gasteiger partial charge in [-0.3, -0.25) is 14.4 Å². The van der Waals surface area contributed by atoms with Crippen molar-refractivity contribution in [3.05, 3.63) is 35.4 Å². The van der Waals surface area contributed by atoms with E-state index in [0.29, 0.717) is 24.0 Å². The zero-order chi connectivity index (χ0) is 27.3. The van der Waals surface area contributed by atoms with E-state index in [4.69, 9.17) is 16.9 Å². The third kappa shape index (κ3) is 8.59. The van der Waals surface area contributed by atoms with Gasteiger partial charge in [0.1, 0.15) is 17.7 Å². The monoisotopic (exact) mass is 498 g/mol. The number of carbonyl (C=O) groups excluding carboxylic acids is 4. The summed E-state index contributed by atoms with van der Waals surface area (Å²) in [5, 5.41) is 5.54. The molecule has 1 fully saturated rings. The lowest BCUT2D eigenvalue weighted by Crippen LogP contribution is -2.55. The maximum Gasteiger partial charge on any atom is 0.408 e. The van der Waals surface area contributed by atoms with E-state index in [0.717, 1.165) is 0 Å². The molecule has 2 atom stereocenters. The Bertz CT molecular complexity index is 1030. The Labute approximate surface area is 213 Å². The maximum absolute atomic E-state index is 14.0. The van der Waals surface area contributed by atoms with Gasteiger partial charge < -0.3 is 26.0 Å². The quantitative estimate of drug-likeness (QED) is 0.451. The van der Waals surface area contributed by atoms with Crippen molar-refractivity contribution < 1.29 is 23.9 Å². The predicted molar refractivity (Wildman–Crippen MR) is 136 cm³/mol. The Kier molecular flexibility index (Phi) is 9.14. The minimum Gasteiger partial charge on any atom is -0.444 e. The molecule has 4 amide bonds. The van der Waals surface area contributed by atoms with Crippen molar-refractivity contribution >= 4 is 23.8 Å². The molecule has 0 aromatic heterocycles. The van der Waals surface area contributed by atoms with Gasteiger partial charge in [0.15, 0.2) is 0 Å². The molecule has 1 aromatic rings. The summed E-state index contributed by atoms with van der Waals surface area (Å²) in [7, 11) is 0. The van der Waals surface area contributed by atoms with Crippen molar-refractivity contribution in [2.75, 3.05) is 0 Å². The number of nitrogens with two attached hydrogens (primary N) is 1. The third-order valence-corrected chi connectivity index (χ3v) is 5.30. The van der Waals surface area contributed by atoms with Crippen molar-refractivity contribution in [1.29, 1.82) is 0 Å². The van der Waals surface area contributed by atoms with E-state index >= 15 is 0 Å². The first-order chi connectivity index (χ1) is 16.6. The van der Waals surface area contributed by atoms with E-state index in [1.807, 2.05) is 20.8 Å². The van der Waals surface area contributed by atoms with Crippen molar-refractivity contribution in [2.45, 2.75) is 96.5 Å². The lowest BCUT2D eigenvalue weighted by Gasteiger charge is -2.36. The van der Waals surface area contributed by atoms with Crippen LogP contribution in [0.25, 0.3) is 0 Å². The molecule has 2 rings (SSSR count). The molecule has 0 heterocycles. The number of benzene rings is 1. The molecule has 1 saturated carbocycles. The Hall–Kier alpha value is -3.54. The van der Waals surface area contributed by atoms with Gasteiger partial charge in [-0.15, -0.1) is 6.42 Å². The molecule has 9 nitrogen and oxygen atoms in total. The number of primary amides is 1. The van der Waals surface area contributed by atoms with Gasteiger partial charge in [-0.25, -0.2) is 4.79 Å². The second-order valence-corrected chi connectivity index (χ2v) is 11.1. The molecule has 0 spiro atoms. The molecule has 2 unspecified atom stereocenters. The SMILES string of the molecule is C#Cc1ccccc1C(C(=O)NC(C)(C)C)N(C(=O)C(CCC(N)=O)NC(=O)OC(C)(C)C)C1CC1. The summed E-state index contributed by atoms with van der Waals surface area (Å²) in [5.74, 6) is 1.09. The number of nitrogens with one attached hydrogen (secondary N) is 2. The van der Waals surface area contributed by atoms with Crippen LogP contribution < -0.4 is 16.4 Å². The van der Waals surface area contributed by atoms with Crippen LogP contribution in [0.5, 0.6) is 0 Å². The highest BCUT2D eigenvalue weighted by Crippen LogP contribution is 2.37. The lowest BCUT2D eigenvalue weighted by atomic mass is 9.96. The normalized spacial score (nSPS) is 15.1. The van der Waals surface area contributed by atoms with Crippen molar-refractivity contribution in [2.24, 2.45) is 5.73 Å². The number of nitrogens with zero attached hydrogens (tertiary/aromatic N) is 1. The van der Waals surface area contributed by atoms with Crippen LogP contribution in [0, 0.1) is 12.3 Å². The van der Waals surface area contributed by atoms with E-state index in [9.17, 15) is 19.2 Å². The van der Waals surface area contributed by atoms with Crippen LogP contribution in [-0.4, -0.2) is 51.9 Å². The van der Waals surface area contributed by atoms with Gasteiger partial charge in [0, 0.05) is 23.6 Å². The molecular weight excluding hydrogens is 460 g/mol. The van der Waals surface area contributed by atoms with Crippen LogP contribution >= 0.6 is 0 Å². The number of alkyl carbamates (subject to hydrolysis) is 1. The smallest absolute Gasteiger partial charge is 0.408 e. The van der Waals surface area contributed by atoms with Crippen molar-refractivity contribution in [1.82, 2.24) is 15.5 Å². The molecule has 0 saturated heterocycles. The number of hydrogen-bond donors (Lipinski definition) is 3. The summed E-state index contributed by atoms with van der Waals surface area (Å²) >= 11 is 0. The second kappa shape index (κ2) is 11.5. The summed E-state index contributed by atoms with van der Waals surface area (Å²) in [4.78, 5) is 53.2. The molecule has 4 N–H and O–H groups in total. The van der Waals surface area contributed by atoms with E-state index in [1.165, 1.54) is 4.90 Å². The van der Waals surface area contributed by atoms with Crippen LogP contribution in [-0.2, 0) is 19.1 Å². The summed E-state index contributed by atoms with van der Waals surface area (Å²) in [5.41, 5.74) is 4.96. The van der Waals surface area contributed by atoms with Gasteiger partial charge in [0.2, 0.25) is 17.7 Å². The summed E-state index contributed by atoms with van der Waals surface area (Å²) < 4.78 is 5.33. The maximum atomic E-state index is 14.0. The van der Waals surface area contributed by atoms with E-state index in [1.54, 1.807) is 45.0 Å². The standard InChI is InChI=1S/C27H38N4O5/c1-8-17-11-9-10-12-19(17)22(23(33)30-26(2,3)4)31(18-13-14-18)24(34)20(15-16-21(28)32)29-25(35)36-27(5,6)7/h1,9-12,18,20,22H,13-16H2,2-7H3,(H2,28,32)(H,29,35)(H,30,33). The minimum absolute atomic E-state index is 0.0406. The first-order valence-electron chi connectivity index (χ1n) is 12.1. The highest BCUT2D eigenvalue weighted by molar-refractivity contribution is 5.93. The van der Waals surface area contributed by atoms with Gasteiger partial charge in [0.05, 0.1) is 0 Å². The van der Waals surface area contributed by atoms with Crippen LogP contribution in [0.4, 0.5) is 4.79 Å². The number of terminal acetylenes is 1. The van der Waals surface area contributed by atoms with Crippen molar-refractivity contribution in [3.63, 3.8) is 0 Å². The average molecular weight is 499 g/mol. The first kappa shape index (κ1) is 28.7. The topological polar surface area (TPSA) is 131 Å². The Balaban J connectivity index is 2.53. The number of ether oxygens (including phenoxy) is 1. The van der Waals surface area contributed by atoms with Crippen LogP contribution in [0.15, 0.2) is 24.3 Å².